The molecule has 21 heavy (non-hydrogen) atoms. The van der Waals surface area contributed by atoms with E-state index in [-0.39, 0.29) is 12.2 Å². The Morgan fingerprint density at radius 2 is 2.00 bits per heavy atom. The second-order valence-corrected chi connectivity index (χ2v) is 5.58. The van der Waals surface area contributed by atoms with Crippen molar-refractivity contribution in [3.8, 4) is 0 Å². The fourth-order valence-electron chi connectivity index (χ4n) is 2.36. The molecule has 0 amide bonds. The van der Waals surface area contributed by atoms with Gasteiger partial charge in [-0.3, -0.25) is 0 Å². The van der Waals surface area contributed by atoms with E-state index in [0.717, 1.165) is 10.9 Å². The van der Waals surface area contributed by atoms with Crippen LogP contribution in [0.1, 0.15) is 23.0 Å². The van der Waals surface area contributed by atoms with Crippen molar-refractivity contribution in [3.05, 3.63) is 70.2 Å². The van der Waals surface area contributed by atoms with E-state index in [9.17, 15) is 9.50 Å². The summed E-state index contributed by atoms with van der Waals surface area (Å²) < 4.78 is 19.3. The number of benzene rings is 2. The molecule has 0 aliphatic rings. The molecule has 0 radical (unpaired) electrons. The highest BCUT2D eigenvalue weighted by Gasteiger charge is 2.16. The molecule has 0 bridgehead atoms. The zero-order valence-electron chi connectivity index (χ0n) is 11.4. The van der Waals surface area contributed by atoms with E-state index >= 15 is 0 Å². The van der Waals surface area contributed by atoms with Gasteiger partial charge in [-0.25, -0.2) is 4.39 Å². The molecule has 1 atom stereocenters. The van der Waals surface area contributed by atoms with Gasteiger partial charge < -0.3 is 9.52 Å². The highest BCUT2D eigenvalue weighted by molar-refractivity contribution is 6.30. The summed E-state index contributed by atoms with van der Waals surface area (Å²) in [5.74, 6) is 0.0420. The molecule has 0 saturated heterocycles. The SMILES string of the molecule is Cc1ccc2oc(C(O)Cc3cc(Cl)ccc3F)cc2c1. The number of aliphatic hydroxyl groups excluding tert-OH is 1. The Kier molecular flexibility index (Phi) is 3.70. The van der Waals surface area contributed by atoms with Gasteiger partial charge in [-0.1, -0.05) is 23.2 Å². The fourth-order valence-corrected chi connectivity index (χ4v) is 2.55. The van der Waals surface area contributed by atoms with Crippen molar-refractivity contribution in [2.24, 2.45) is 0 Å². The molecule has 3 aromatic rings. The lowest BCUT2D eigenvalue weighted by Crippen LogP contribution is -2.02. The topological polar surface area (TPSA) is 33.4 Å². The van der Waals surface area contributed by atoms with Crippen LogP contribution in [0.3, 0.4) is 0 Å². The molecule has 0 aliphatic carbocycles. The normalized spacial score (nSPS) is 12.8. The van der Waals surface area contributed by atoms with Gasteiger partial charge in [-0.05, 0) is 48.9 Å². The van der Waals surface area contributed by atoms with Crippen LogP contribution in [0, 0.1) is 12.7 Å². The predicted octanol–water partition coefficient (Wildman–Crippen LogP) is 4.81. The van der Waals surface area contributed by atoms with Gasteiger partial charge in [-0.2, -0.15) is 0 Å². The summed E-state index contributed by atoms with van der Waals surface area (Å²) in [5.41, 5.74) is 2.19. The first kappa shape index (κ1) is 14.1. The first-order valence-corrected chi connectivity index (χ1v) is 7.03. The van der Waals surface area contributed by atoms with Gasteiger partial charge in [0, 0.05) is 16.8 Å². The van der Waals surface area contributed by atoms with Crippen LogP contribution >= 0.6 is 11.6 Å². The van der Waals surface area contributed by atoms with Gasteiger partial charge in [-0.15, -0.1) is 0 Å². The summed E-state index contributed by atoms with van der Waals surface area (Å²) in [5, 5.41) is 11.6. The van der Waals surface area contributed by atoms with E-state index in [1.54, 1.807) is 6.07 Å². The third-order valence-electron chi connectivity index (χ3n) is 3.44. The van der Waals surface area contributed by atoms with Gasteiger partial charge in [0.25, 0.3) is 0 Å². The second-order valence-electron chi connectivity index (χ2n) is 5.15. The molecule has 0 fully saturated rings. The largest absolute Gasteiger partial charge is 0.458 e. The maximum Gasteiger partial charge on any atom is 0.134 e. The summed E-state index contributed by atoms with van der Waals surface area (Å²) >= 11 is 5.86. The number of aryl methyl sites for hydroxylation is 1. The lowest BCUT2D eigenvalue weighted by Gasteiger charge is -2.09. The molecule has 1 heterocycles. The smallest absolute Gasteiger partial charge is 0.134 e. The minimum atomic E-state index is -0.911. The molecule has 4 heteroatoms. The zero-order valence-corrected chi connectivity index (χ0v) is 12.2. The van der Waals surface area contributed by atoms with E-state index in [1.165, 1.54) is 18.2 Å². The summed E-state index contributed by atoms with van der Waals surface area (Å²) in [6.07, 6.45) is -0.795. The fraction of sp³-hybridized carbons (Fsp3) is 0.176. The van der Waals surface area contributed by atoms with Gasteiger partial charge >= 0.3 is 0 Å². The molecular weight excluding hydrogens is 291 g/mol. The Labute approximate surface area is 126 Å². The molecule has 1 aromatic heterocycles. The van der Waals surface area contributed by atoms with E-state index < -0.39 is 6.10 Å². The van der Waals surface area contributed by atoms with Crippen molar-refractivity contribution in [2.75, 3.05) is 0 Å². The first-order valence-electron chi connectivity index (χ1n) is 6.65. The molecular formula is C17H14ClFO2. The van der Waals surface area contributed by atoms with Crippen molar-refractivity contribution in [1.82, 2.24) is 0 Å². The van der Waals surface area contributed by atoms with Crippen LogP contribution in [0.2, 0.25) is 5.02 Å². The highest BCUT2D eigenvalue weighted by atomic mass is 35.5. The molecule has 0 saturated carbocycles. The standard InChI is InChI=1S/C17H14ClFO2/c1-10-2-5-16-12(6-10)9-17(21-16)15(20)8-11-7-13(18)3-4-14(11)19/h2-7,9,15,20H,8H2,1H3. The van der Waals surface area contributed by atoms with Crippen LogP contribution in [0.5, 0.6) is 0 Å². The Hall–Kier alpha value is -1.84. The summed E-state index contributed by atoms with van der Waals surface area (Å²) in [7, 11) is 0. The average Bonchev–Trinajstić information content (AvgIpc) is 2.86. The average molecular weight is 305 g/mol. The maximum atomic E-state index is 13.7. The van der Waals surface area contributed by atoms with Gasteiger partial charge in [0.1, 0.15) is 23.3 Å². The molecule has 3 rings (SSSR count). The molecule has 1 unspecified atom stereocenters. The zero-order chi connectivity index (χ0) is 15.0. The quantitative estimate of drug-likeness (QED) is 0.753. The Morgan fingerprint density at radius 3 is 2.81 bits per heavy atom. The number of furan rings is 1. The lowest BCUT2D eigenvalue weighted by atomic mass is 10.1. The Bertz CT molecular complexity index is 795. The number of hydrogen-bond donors (Lipinski definition) is 1. The van der Waals surface area contributed by atoms with E-state index in [0.29, 0.717) is 21.9 Å². The number of halogens is 2. The number of fused-ring (bicyclic) bond motifs is 1. The molecule has 2 nitrogen and oxygen atoms in total. The molecule has 108 valence electrons. The first-order chi connectivity index (χ1) is 10.0. The minimum Gasteiger partial charge on any atom is -0.458 e. The second kappa shape index (κ2) is 5.51. The highest BCUT2D eigenvalue weighted by Crippen LogP contribution is 2.28. The summed E-state index contributed by atoms with van der Waals surface area (Å²) in [4.78, 5) is 0. The molecule has 2 aromatic carbocycles. The number of hydrogen-bond acceptors (Lipinski definition) is 2. The third-order valence-corrected chi connectivity index (χ3v) is 3.68. The van der Waals surface area contributed by atoms with Crippen LogP contribution < -0.4 is 0 Å². The molecule has 1 N–H and O–H groups in total. The van der Waals surface area contributed by atoms with Crippen LogP contribution in [-0.2, 0) is 6.42 Å². The Balaban J connectivity index is 1.89. The van der Waals surface area contributed by atoms with Crippen molar-refractivity contribution < 1.29 is 13.9 Å². The van der Waals surface area contributed by atoms with Crippen molar-refractivity contribution in [2.45, 2.75) is 19.4 Å². The summed E-state index contributed by atoms with van der Waals surface area (Å²) in [6.45, 7) is 1.99. The minimum absolute atomic E-state index is 0.116. The van der Waals surface area contributed by atoms with E-state index in [1.807, 2.05) is 25.1 Å². The maximum absolute atomic E-state index is 13.7. The summed E-state index contributed by atoms with van der Waals surface area (Å²) in [6, 6.07) is 11.9. The van der Waals surface area contributed by atoms with Gasteiger partial charge in [0.15, 0.2) is 0 Å². The third kappa shape index (κ3) is 2.94. The monoisotopic (exact) mass is 304 g/mol. The van der Waals surface area contributed by atoms with E-state index in [2.05, 4.69) is 0 Å². The van der Waals surface area contributed by atoms with Gasteiger partial charge in [0.2, 0.25) is 0 Å². The molecule has 0 spiro atoms. The number of aliphatic hydroxyl groups is 1. The Morgan fingerprint density at radius 1 is 1.19 bits per heavy atom. The lowest BCUT2D eigenvalue weighted by molar-refractivity contribution is 0.151. The number of rotatable bonds is 3. The van der Waals surface area contributed by atoms with Crippen LogP contribution in [0.15, 0.2) is 46.9 Å². The predicted molar refractivity (Wildman–Crippen MR) is 81.0 cm³/mol. The van der Waals surface area contributed by atoms with Crippen LogP contribution in [0.25, 0.3) is 11.0 Å². The van der Waals surface area contributed by atoms with Crippen molar-refractivity contribution >= 4 is 22.6 Å². The van der Waals surface area contributed by atoms with Crippen molar-refractivity contribution in [1.29, 1.82) is 0 Å². The van der Waals surface area contributed by atoms with Crippen molar-refractivity contribution in [3.63, 3.8) is 0 Å². The van der Waals surface area contributed by atoms with E-state index in [4.69, 9.17) is 16.0 Å². The molecule has 0 aliphatic heterocycles. The van der Waals surface area contributed by atoms with Crippen LogP contribution in [0.4, 0.5) is 4.39 Å². The van der Waals surface area contributed by atoms with Gasteiger partial charge in [0.05, 0.1) is 0 Å². The van der Waals surface area contributed by atoms with Crippen LogP contribution in [-0.4, -0.2) is 5.11 Å².